The molecule has 4 rings (SSSR count). The van der Waals surface area contributed by atoms with E-state index in [0.717, 1.165) is 75.6 Å². The summed E-state index contributed by atoms with van der Waals surface area (Å²) in [6.07, 6.45) is 0.246. The summed E-state index contributed by atoms with van der Waals surface area (Å²) in [5.41, 5.74) is 2.11. The van der Waals surface area contributed by atoms with Crippen LogP contribution in [0.2, 0.25) is 0 Å². The number of unbranched alkanes of at least 4 members (excludes halogenated alkanes) is 3. The van der Waals surface area contributed by atoms with Gasteiger partial charge in [0.25, 0.3) is 0 Å². The van der Waals surface area contributed by atoms with Gasteiger partial charge in [-0.1, -0.05) is 36.3 Å². The first-order valence-electron chi connectivity index (χ1n) is 10.9. The molecular formula is C23H28F3N5. The van der Waals surface area contributed by atoms with Gasteiger partial charge in [0, 0.05) is 38.4 Å². The molecule has 1 aliphatic heterocycles. The molecule has 0 N–H and O–H groups in total. The number of para-hydroxylation sites is 1. The number of alkyl halides is 3. The Hall–Kier alpha value is -2.61. The van der Waals surface area contributed by atoms with E-state index in [1.807, 2.05) is 33.8 Å². The fourth-order valence-electron chi connectivity index (χ4n) is 4.14. The van der Waals surface area contributed by atoms with Gasteiger partial charge in [-0.05, 0) is 49.7 Å². The lowest BCUT2D eigenvalue weighted by atomic mass is 10.1. The van der Waals surface area contributed by atoms with Crippen molar-refractivity contribution in [3.8, 4) is 0 Å². The van der Waals surface area contributed by atoms with Crippen molar-refractivity contribution in [2.24, 2.45) is 0 Å². The zero-order chi connectivity index (χ0) is 21.7. The van der Waals surface area contributed by atoms with Gasteiger partial charge in [0.1, 0.15) is 5.52 Å². The van der Waals surface area contributed by atoms with E-state index < -0.39 is 11.7 Å². The molecule has 2 aromatic carbocycles. The van der Waals surface area contributed by atoms with Crippen LogP contribution < -0.4 is 4.90 Å². The summed E-state index contributed by atoms with van der Waals surface area (Å²) >= 11 is 0. The van der Waals surface area contributed by atoms with Crippen molar-refractivity contribution in [2.45, 2.75) is 38.4 Å². The third-order valence-corrected chi connectivity index (χ3v) is 5.93. The second kappa shape index (κ2) is 9.68. The molecule has 0 aliphatic carbocycles. The molecule has 1 fully saturated rings. The van der Waals surface area contributed by atoms with E-state index in [9.17, 15) is 13.2 Å². The molecule has 0 saturated carbocycles. The van der Waals surface area contributed by atoms with Crippen LogP contribution >= 0.6 is 0 Å². The molecule has 1 aromatic heterocycles. The van der Waals surface area contributed by atoms with E-state index in [1.165, 1.54) is 18.6 Å². The van der Waals surface area contributed by atoms with E-state index >= 15 is 0 Å². The van der Waals surface area contributed by atoms with Gasteiger partial charge in [0.2, 0.25) is 0 Å². The number of piperazine rings is 1. The van der Waals surface area contributed by atoms with Gasteiger partial charge in [-0.3, -0.25) is 4.90 Å². The highest BCUT2D eigenvalue weighted by Gasteiger charge is 2.31. The topological polar surface area (TPSA) is 37.2 Å². The van der Waals surface area contributed by atoms with Crippen molar-refractivity contribution in [1.29, 1.82) is 0 Å². The summed E-state index contributed by atoms with van der Waals surface area (Å²) in [5.74, 6) is 0. The van der Waals surface area contributed by atoms with Crippen LogP contribution in [0.3, 0.4) is 0 Å². The van der Waals surface area contributed by atoms with Crippen LogP contribution in [0.4, 0.5) is 18.9 Å². The zero-order valence-corrected chi connectivity index (χ0v) is 17.6. The maximum atomic E-state index is 12.9. The number of halogens is 3. The second-order valence-electron chi connectivity index (χ2n) is 8.09. The van der Waals surface area contributed by atoms with Gasteiger partial charge < -0.3 is 4.90 Å². The number of hydrogen-bond acceptors (Lipinski definition) is 4. The maximum absolute atomic E-state index is 12.9. The summed E-state index contributed by atoms with van der Waals surface area (Å²) in [5, 5.41) is 8.42. The van der Waals surface area contributed by atoms with Crippen LogP contribution in [0.25, 0.3) is 11.0 Å². The van der Waals surface area contributed by atoms with E-state index in [0.29, 0.717) is 5.69 Å². The van der Waals surface area contributed by atoms with E-state index in [4.69, 9.17) is 0 Å². The molecular weight excluding hydrogens is 403 g/mol. The molecule has 1 aliphatic rings. The smallest absolute Gasteiger partial charge is 0.369 e. The molecule has 2 heterocycles. The molecule has 0 bridgehead atoms. The average molecular weight is 432 g/mol. The lowest BCUT2D eigenvalue weighted by Crippen LogP contribution is -2.46. The molecule has 5 nitrogen and oxygen atoms in total. The normalized spacial score (nSPS) is 15.6. The predicted octanol–water partition coefficient (Wildman–Crippen LogP) is 4.83. The number of hydrogen-bond donors (Lipinski definition) is 0. The Kier molecular flexibility index (Phi) is 6.75. The second-order valence-corrected chi connectivity index (χ2v) is 8.09. The summed E-state index contributed by atoms with van der Waals surface area (Å²) in [7, 11) is 0. The van der Waals surface area contributed by atoms with Crippen LogP contribution in [0, 0.1) is 0 Å². The monoisotopic (exact) mass is 431 g/mol. The van der Waals surface area contributed by atoms with Crippen molar-refractivity contribution in [1.82, 2.24) is 19.9 Å². The zero-order valence-electron chi connectivity index (χ0n) is 17.6. The minimum atomic E-state index is -4.29. The Labute approximate surface area is 180 Å². The van der Waals surface area contributed by atoms with Gasteiger partial charge in [-0.2, -0.15) is 13.2 Å². The van der Waals surface area contributed by atoms with Gasteiger partial charge in [-0.25, -0.2) is 4.68 Å². The first-order valence-corrected chi connectivity index (χ1v) is 10.9. The van der Waals surface area contributed by atoms with Crippen LogP contribution in [0.1, 0.15) is 31.2 Å². The Morgan fingerprint density at radius 3 is 2.32 bits per heavy atom. The Balaban J connectivity index is 1.13. The number of benzene rings is 2. The van der Waals surface area contributed by atoms with Crippen molar-refractivity contribution in [2.75, 3.05) is 37.6 Å². The first-order chi connectivity index (χ1) is 15.0. The standard InChI is InChI=1S/C23H28F3N5/c24-23(25,26)19-8-7-9-20(18-19)30-16-14-29(15-17-30)12-5-1-2-6-13-31-22-11-4-3-10-21(22)27-28-31/h3-4,7-11,18H,1-2,5-6,12-17H2. The summed E-state index contributed by atoms with van der Waals surface area (Å²) in [6.45, 7) is 5.24. The van der Waals surface area contributed by atoms with Crippen molar-refractivity contribution < 1.29 is 13.2 Å². The third-order valence-electron chi connectivity index (χ3n) is 5.93. The average Bonchev–Trinajstić information content (AvgIpc) is 3.19. The van der Waals surface area contributed by atoms with Crippen molar-refractivity contribution in [3.63, 3.8) is 0 Å². The molecule has 1 saturated heterocycles. The molecule has 166 valence electrons. The van der Waals surface area contributed by atoms with Crippen LogP contribution in [-0.2, 0) is 12.7 Å². The fraction of sp³-hybridized carbons (Fsp3) is 0.478. The molecule has 0 amide bonds. The van der Waals surface area contributed by atoms with Crippen LogP contribution in [0.15, 0.2) is 48.5 Å². The fourth-order valence-corrected chi connectivity index (χ4v) is 4.14. The minimum Gasteiger partial charge on any atom is -0.369 e. The Bertz CT molecular complexity index is 977. The first kappa shape index (κ1) is 21.6. The molecule has 0 spiro atoms. The summed E-state index contributed by atoms with van der Waals surface area (Å²) in [4.78, 5) is 4.46. The lowest BCUT2D eigenvalue weighted by molar-refractivity contribution is -0.137. The van der Waals surface area contributed by atoms with E-state index in [-0.39, 0.29) is 0 Å². The van der Waals surface area contributed by atoms with Gasteiger partial charge in [0.15, 0.2) is 0 Å². The molecule has 0 unspecified atom stereocenters. The van der Waals surface area contributed by atoms with Gasteiger partial charge in [0.05, 0.1) is 11.1 Å². The number of nitrogens with zero attached hydrogens (tertiary/aromatic N) is 5. The number of rotatable bonds is 8. The number of fused-ring (bicyclic) bond motifs is 1. The van der Waals surface area contributed by atoms with Gasteiger partial charge in [-0.15, -0.1) is 5.10 Å². The maximum Gasteiger partial charge on any atom is 0.416 e. The minimum absolute atomic E-state index is 0.577. The third kappa shape index (κ3) is 5.55. The molecule has 8 heteroatoms. The number of aryl methyl sites for hydroxylation is 1. The Morgan fingerprint density at radius 2 is 1.55 bits per heavy atom. The Morgan fingerprint density at radius 1 is 0.806 bits per heavy atom. The van der Waals surface area contributed by atoms with Crippen molar-refractivity contribution in [3.05, 3.63) is 54.1 Å². The highest BCUT2D eigenvalue weighted by Crippen LogP contribution is 2.31. The summed E-state index contributed by atoms with van der Waals surface area (Å²) < 4.78 is 40.8. The van der Waals surface area contributed by atoms with Crippen molar-refractivity contribution >= 4 is 16.7 Å². The summed E-state index contributed by atoms with van der Waals surface area (Å²) in [6, 6.07) is 13.7. The van der Waals surface area contributed by atoms with E-state index in [2.05, 4.69) is 15.2 Å². The number of anilines is 1. The SMILES string of the molecule is FC(F)(F)c1cccc(N2CCN(CCCCCCn3nnc4ccccc43)CC2)c1. The lowest BCUT2D eigenvalue weighted by Gasteiger charge is -2.36. The quantitative estimate of drug-likeness (QED) is 0.479. The highest BCUT2D eigenvalue weighted by molar-refractivity contribution is 5.73. The molecule has 31 heavy (non-hydrogen) atoms. The predicted molar refractivity (Wildman–Crippen MR) is 116 cm³/mol. The van der Waals surface area contributed by atoms with Crippen LogP contribution in [-0.4, -0.2) is 52.6 Å². The van der Waals surface area contributed by atoms with Crippen LogP contribution in [0.5, 0.6) is 0 Å². The largest absolute Gasteiger partial charge is 0.416 e. The molecule has 0 atom stereocenters. The highest BCUT2D eigenvalue weighted by atomic mass is 19.4. The molecule has 0 radical (unpaired) electrons. The van der Waals surface area contributed by atoms with Gasteiger partial charge >= 0.3 is 6.18 Å². The molecule has 3 aromatic rings. The van der Waals surface area contributed by atoms with E-state index in [1.54, 1.807) is 6.07 Å². The number of aromatic nitrogens is 3.